The number of rotatable bonds is 2. The fraction of sp³-hybridized carbons (Fsp3) is 0.429. The summed E-state index contributed by atoms with van der Waals surface area (Å²) in [4.78, 5) is 25.6. The van der Waals surface area contributed by atoms with Gasteiger partial charge in [0.2, 0.25) is 5.91 Å². The van der Waals surface area contributed by atoms with E-state index in [0.29, 0.717) is 6.54 Å². The molecule has 1 saturated carbocycles. The van der Waals surface area contributed by atoms with Crippen molar-refractivity contribution >= 4 is 11.9 Å². The quantitative estimate of drug-likeness (QED) is 0.864. The van der Waals surface area contributed by atoms with Gasteiger partial charge in [-0.1, -0.05) is 36.8 Å². The van der Waals surface area contributed by atoms with E-state index >= 15 is 0 Å². The summed E-state index contributed by atoms with van der Waals surface area (Å²) in [5.41, 5.74) is 0.984. The van der Waals surface area contributed by atoms with Gasteiger partial charge in [0.1, 0.15) is 0 Å². The van der Waals surface area contributed by atoms with Gasteiger partial charge in [-0.25, -0.2) is 4.79 Å². The Bertz CT molecular complexity index is 472. The Hall–Kier alpha value is -1.84. The van der Waals surface area contributed by atoms with Gasteiger partial charge in [0.05, 0.1) is 12.5 Å². The lowest BCUT2D eigenvalue weighted by Crippen LogP contribution is -2.57. The molecule has 1 N–H and O–H groups in total. The number of hydrogen-bond acceptors (Lipinski definition) is 2. The summed E-state index contributed by atoms with van der Waals surface area (Å²) >= 11 is 0. The third-order valence-corrected chi connectivity index (χ3v) is 3.84. The predicted octanol–water partition coefficient (Wildman–Crippen LogP) is 1.91. The number of fused-ring (bicyclic) bond motifs is 1. The molecule has 4 nitrogen and oxygen atoms in total. The van der Waals surface area contributed by atoms with E-state index in [4.69, 9.17) is 0 Å². The molecular formula is C14H16N2O2. The second-order valence-electron chi connectivity index (χ2n) is 5.00. The molecule has 1 aromatic carbocycles. The van der Waals surface area contributed by atoms with Crippen LogP contribution in [0.3, 0.4) is 0 Å². The summed E-state index contributed by atoms with van der Waals surface area (Å²) in [6, 6.07) is 9.45. The fourth-order valence-electron chi connectivity index (χ4n) is 2.88. The van der Waals surface area contributed by atoms with Gasteiger partial charge in [-0.2, -0.15) is 0 Å². The molecule has 0 bridgehead atoms. The molecule has 0 aromatic heterocycles. The monoisotopic (exact) mass is 244 g/mol. The van der Waals surface area contributed by atoms with E-state index in [2.05, 4.69) is 5.32 Å². The van der Waals surface area contributed by atoms with E-state index in [1.807, 2.05) is 30.3 Å². The minimum absolute atomic E-state index is 0.00795. The van der Waals surface area contributed by atoms with E-state index in [9.17, 15) is 9.59 Å². The van der Waals surface area contributed by atoms with Gasteiger partial charge in [0.25, 0.3) is 0 Å². The van der Waals surface area contributed by atoms with E-state index in [1.54, 1.807) is 0 Å². The second-order valence-corrected chi connectivity index (χ2v) is 5.00. The number of amides is 3. The molecule has 1 heterocycles. The van der Waals surface area contributed by atoms with E-state index in [0.717, 1.165) is 24.8 Å². The highest BCUT2D eigenvalue weighted by Gasteiger charge is 2.43. The molecule has 4 heteroatoms. The normalized spacial score (nSPS) is 27.0. The van der Waals surface area contributed by atoms with Gasteiger partial charge in [0.15, 0.2) is 0 Å². The van der Waals surface area contributed by atoms with Crippen molar-refractivity contribution in [2.24, 2.45) is 5.92 Å². The largest absolute Gasteiger partial charge is 0.334 e. The molecule has 1 aliphatic carbocycles. The van der Waals surface area contributed by atoms with Crippen LogP contribution in [0.5, 0.6) is 0 Å². The van der Waals surface area contributed by atoms with Gasteiger partial charge in [0, 0.05) is 6.04 Å². The molecule has 1 saturated heterocycles. The second kappa shape index (κ2) is 4.44. The van der Waals surface area contributed by atoms with Crippen molar-refractivity contribution in [2.75, 3.05) is 0 Å². The maximum Gasteiger partial charge on any atom is 0.324 e. The number of imide groups is 1. The molecule has 3 amide bonds. The highest BCUT2D eigenvalue weighted by Crippen LogP contribution is 2.31. The molecule has 2 atom stereocenters. The maximum absolute atomic E-state index is 12.3. The van der Waals surface area contributed by atoms with Crippen LogP contribution >= 0.6 is 0 Å². The van der Waals surface area contributed by atoms with Crippen molar-refractivity contribution in [3.8, 4) is 0 Å². The van der Waals surface area contributed by atoms with E-state index < -0.39 is 0 Å². The lowest BCUT2D eigenvalue weighted by molar-refractivity contribution is -0.135. The number of benzene rings is 1. The van der Waals surface area contributed by atoms with Crippen LogP contribution in [0.4, 0.5) is 4.79 Å². The molecule has 2 aliphatic rings. The molecular weight excluding hydrogens is 228 g/mol. The lowest BCUT2D eigenvalue weighted by Gasteiger charge is -2.33. The summed E-state index contributed by atoms with van der Waals surface area (Å²) in [6.07, 6.45) is 2.86. The van der Waals surface area contributed by atoms with Crippen molar-refractivity contribution in [2.45, 2.75) is 31.8 Å². The van der Waals surface area contributed by atoms with Gasteiger partial charge in [-0.3, -0.25) is 9.69 Å². The number of hydrogen-bond donors (Lipinski definition) is 1. The maximum atomic E-state index is 12.3. The van der Waals surface area contributed by atoms with Crippen LogP contribution in [0.1, 0.15) is 24.8 Å². The van der Waals surface area contributed by atoms with Gasteiger partial charge in [-0.15, -0.1) is 0 Å². The zero-order chi connectivity index (χ0) is 12.5. The molecule has 18 heavy (non-hydrogen) atoms. The van der Waals surface area contributed by atoms with Crippen molar-refractivity contribution in [1.29, 1.82) is 0 Å². The predicted molar refractivity (Wildman–Crippen MR) is 66.7 cm³/mol. The van der Waals surface area contributed by atoms with Crippen LogP contribution in [0.25, 0.3) is 0 Å². The smallest absolute Gasteiger partial charge is 0.324 e. The minimum atomic E-state index is -0.244. The average molecular weight is 244 g/mol. The van der Waals surface area contributed by atoms with Crippen LogP contribution in [-0.4, -0.2) is 22.9 Å². The summed E-state index contributed by atoms with van der Waals surface area (Å²) < 4.78 is 0. The Morgan fingerprint density at radius 2 is 1.94 bits per heavy atom. The van der Waals surface area contributed by atoms with Gasteiger partial charge >= 0.3 is 6.03 Å². The molecule has 0 spiro atoms. The molecule has 1 aliphatic heterocycles. The lowest BCUT2D eigenvalue weighted by atomic mass is 9.99. The van der Waals surface area contributed by atoms with Crippen LogP contribution in [0.15, 0.2) is 30.3 Å². The first-order chi connectivity index (χ1) is 8.75. The Labute approximate surface area is 106 Å². The number of carbonyl (C=O) groups is 2. The van der Waals surface area contributed by atoms with Crippen LogP contribution in [-0.2, 0) is 11.3 Å². The average Bonchev–Trinajstić information content (AvgIpc) is 2.84. The van der Waals surface area contributed by atoms with Gasteiger partial charge < -0.3 is 5.32 Å². The molecule has 1 aromatic rings. The van der Waals surface area contributed by atoms with Crippen molar-refractivity contribution in [1.82, 2.24) is 10.2 Å². The fourth-order valence-corrected chi connectivity index (χ4v) is 2.88. The topological polar surface area (TPSA) is 49.4 Å². The van der Waals surface area contributed by atoms with Gasteiger partial charge in [-0.05, 0) is 18.4 Å². The summed E-state index contributed by atoms with van der Waals surface area (Å²) in [6.45, 7) is 0.370. The first-order valence-corrected chi connectivity index (χ1v) is 6.41. The van der Waals surface area contributed by atoms with Crippen LogP contribution < -0.4 is 5.32 Å². The van der Waals surface area contributed by atoms with Crippen molar-refractivity contribution in [3.05, 3.63) is 35.9 Å². The summed E-state index contributed by atoms with van der Waals surface area (Å²) in [5.74, 6) is -0.0171. The summed E-state index contributed by atoms with van der Waals surface area (Å²) in [5, 5.41) is 2.95. The molecule has 94 valence electrons. The highest BCUT2D eigenvalue weighted by atomic mass is 16.2. The SMILES string of the molecule is O=C1NC2CCCC2C(=O)N1Cc1ccccc1. The zero-order valence-electron chi connectivity index (χ0n) is 10.1. The first kappa shape index (κ1) is 11.3. The van der Waals surface area contributed by atoms with Crippen molar-refractivity contribution < 1.29 is 9.59 Å². The number of urea groups is 1. The van der Waals surface area contributed by atoms with E-state index in [1.165, 1.54) is 4.90 Å². The number of nitrogens with zero attached hydrogens (tertiary/aromatic N) is 1. The molecule has 2 fully saturated rings. The Morgan fingerprint density at radius 1 is 1.17 bits per heavy atom. The highest BCUT2D eigenvalue weighted by molar-refractivity contribution is 5.98. The molecule has 3 rings (SSSR count). The Kier molecular flexibility index (Phi) is 2.78. The Balaban J connectivity index is 1.79. The Morgan fingerprint density at radius 3 is 2.72 bits per heavy atom. The third-order valence-electron chi connectivity index (χ3n) is 3.84. The zero-order valence-corrected chi connectivity index (χ0v) is 10.1. The van der Waals surface area contributed by atoms with E-state index in [-0.39, 0.29) is 23.9 Å². The number of carbonyl (C=O) groups excluding carboxylic acids is 2. The molecule has 0 radical (unpaired) electrons. The minimum Gasteiger partial charge on any atom is -0.334 e. The first-order valence-electron chi connectivity index (χ1n) is 6.41. The van der Waals surface area contributed by atoms with Crippen molar-refractivity contribution in [3.63, 3.8) is 0 Å². The summed E-state index contributed by atoms with van der Waals surface area (Å²) in [7, 11) is 0. The molecule has 2 unspecified atom stereocenters. The standard InChI is InChI=1S/C14H16N2O2/c17-13-11-7-4-8-12(11)15-14(18)16(13)9-10-5-2-1-3-6-10/h1-3,5-6,11-12H,4,7-9H2,(H,15,18). The van der Waals surface area contributed by atoms with Crippen LogP contribution in [0, 0.1) is 5.92 Å². The number of nitrogens with one attached hydrogen (secondary N) is 1. The third kappa shape index (κ3) is 1.88. The van der Waals surface area contributed by atoms with Crippen LogP contribution in [0.2, 0.25) is 0 Å².